The van der Waals surface area contributed by atoms with Crippen molar-refractivity contribution >= 4 is 17.9 Å². The first-order valence-electron chi connectivity index (χ1n) is 35.4. The van der Waals surface area contributed by atoms with Crippen LogP contribution >= 0.6 is 0 Å². The maximum atomic E-state index is 12.9. The lowest BCUT2D eigenvalue weighted by molar-refractivity contribution is -0.167. The highest BCUT2D eigenvalue weighted by Gasteiger charge is 2.19. The minimum atomic E-state index is -0.817. The summed E-state index contributed by atoms with van der Waals surface area (Å²) in [5.41, 5.74) is 0. The van der Waals surface area contributed by atoms with Crippen molar-refractivity contribution in [3.05, 3.63) is 109 Å². The fourth-order valence-corrected chi connectivity index (χ4v) is 9.99. The Labute approximate surface area is 514 Å². The van der Waals surface area contributed by atoms with Gasteiger partial charge in [-0.1, -0.05) is 329 Å². The van der Waals surface area contributed by atoms with Crippen LogP contribution in [0.5, 0.6) is 0 Å². The van der Waals surface area contributed by atoms with Crippen LogP contribution in [0.3, 0.4) is 0 Å². The summed E-state index contributed by atoms with van der Waals surface area (Å²) in [6.45, 7) is 6.48. The van der Waals surface area contributed by atoms with Gasteiger partial charge in [0.25, 0.3) is 0 Å². The lowest BCUT2D eigenvalue weighted by Gasteiger charge is -2.18. The van der Waals surface area contributed by atoms with Crippen molar-refractivity contribution in [1.82, 2.24) is 0 Å². The molecule has 0 bridgehead atoms. The van der Waals surface area contributed by atoms with E-state index >= 15 is 0 Å². The van der Waals surface area contributed by atoms with E-state index in [1.54, 1.807) is 0 Å². The van der Waals surface area contributed by atoms with Crippen LogP contribution in [0.25, 0.3) is 0 Å². The lowest BCUT2D eigenvalue weighted by atomic mass is 10.0. The minimum Gasteiger partial charge on any atom is -0.462 e. The number of hydrogen-bond acceptors (Lipinski definition) is 6. The summed E-state index contributed by atoms with van der Waals surface area (Å²) in [7, 11) is 0. The molecule has 476 valence electrons. The molecular formula is C77H132O6. The van der Waals surface area contributed by atoms with E-state index in [1.807, 2.05) is 0 Å². The van der Waals surface area contributed by atoms with Gasteiger partial charge in [-0.25, -0.2) is 0 Å². The maximum Gasteiger partial charge on any atom is 0.306 e. The first kappa shape index (κ1) is 79.1. The van der Waals surface area contributed by atoms with Crippen molar-refractivity contribution < 1.29 is 28.6 Å². The highest BCUT2D eigenvalue weighted by Crippen LogP contribution is 2.18. The van der Waals surface area contributed by atoms with Crippen LogP contribution in [-0.2, 0) is 28.6 Å². The molecule has 0 aromatic rings. The summed E-state index contributed by atoms with van der Waals surface area (Å²) in [4.78, 5) is 38.4. The number of esters is 3. The second-order valence-electron chi connectivity index (χ2n) is 23.4. The van der Waals surface area contributed by atoms with E-state index in [0.29, 0.717) is 19.3 Å². The molecule has 0 aromatic carbocycles. The van der Waals surface area contributed by atoms with Crippen LogP contribution in [-0.4, -0.2) is 37.2 Å². The zero-order valence-corrected chi connectivity index (χ0v) is 54.7. The van der Waals surface area contributed by atoms with E-state index in [4.69, 9.17) is 14.2 Å². The number of hydrogen-bond donors (Lipinski definition) is 0. The summed E-state index contributed by atoms with van der Waals surface area (Å²) in [5, 5.41) is 0. The van der Waals surface area contributed by atoms with E-state index in [1.165, 1.54) is 180 Å². The zero-order valence-electron chi connectivity index (χ0n) is 54.7. The molecule has 0 radical (unpaired) electrons. The third-order valence-electron chi connectivity index (χ3n) is 15.3. The van der Waals surface area contributed by atoms with Gasteiger partial charge in [0.1, 0.15) is 13.2 Å². The fraction of sp³-hybridized carbons (Fsp3) is 0.727. The molecule has 0 fully saturated rings. The van der Waals surface area contributed by atoms with Gasteiger partial charge in [0.2, 0.25) is 0 Å². The molecule has 0 amide bonds. The quantitative estimate of drug-likeness (QED) is 0.0261. The van der Waals surface area contributed by atoms with Gasteiger partial charge in [-0.15, -0.1) is 0 Å². The third-order valence-corrected chi connectivity index (χ3v) is 15.3. The molecule has 0 aliphatic heterocycles. The third kappa shape index (κ3) is 68.7. The van der Waals surface area contributed by atoms with E-state index in [0.717, 1.165) is 116 Å². The Morgan fingerprint density at radius 2 is 0.482 bits per heavy atom. The van der Waals surface area contributed by atoms with Crippen molar-refractivity contribution in [3.63, 3.8) is 0 Å². The minimum absolute atomic E-state index is 0.104. The largest absolute Gasteiger partial charge is 0.462 e. The number of allylic oxidation sites excluding steroid dienone is 18. The van der Waals surface area contributed by atoms with E-state index in [9.17, 15) is 14.4 Å². The number of ether oxygens (including phenoxy) is 3. The molecule has 0 heterocycles. The molecule has 83 heavy (non-hydrogen) atoms. The summed E-state index contributed by atoms with van der Waals surface area (Å²) in [5.74, 6) is -0.966. The molecule has 6 heteroatoms. The summed E-state index contributed by atoms with van der Waals surface area (Å²) in [6.07, 6.45) is 97.0. The second kappa shape index (κ2) is 70.6. The Morgan fingerprint density at radius 3 is 0.795 bits per heavy atom. The van der Waals surface area contributed by atoms with Crippen LogP contribution in [0, 0.1) is 0 Å². The van der Waals surface area contributed by atoms with Gasteiger partial charge >= 0.3 is 17.9 Å². The van der Waals surface area contributed by atoms with Crippen molar-refractivity contribution in [2.75, 3.05) is 13.2 Å². The zero-order chi connectivity index (χ0) is 59.9. The maximum absolute atomic E-state index is 12.9. The molecule has 6 nitrogen and oxygen atoms in total. The predicted molar refractivity (Wildman–Crippen MR) is 362 cm³/mol. The molecule has 0 aromatic heterocycles. The van der Waals surface area contributed by atoms with Crippen molar-refractivity contribution in [2.24, 2.45) is 0 Å². The second-order valence-corrected chi connectivity index (χ2v) is 23.4. The van der Waals surface area contributed by atoms with Gasteiger partial charge in [0, 0.05) is 19.3 Å². The molecule has 0 aliphatic carbocycles. The highest BCUT2D eigenvalue weighted by molar-refractivity contribution is 5.71. The van der Waals surface area contributed by atoms with Gasteiger partial charge in [0.15, 0.2) is 6.10 Å². The Hall–Kier alpha value is -3.93. The van der Waals surface area contributed by atoms with Gasteiger partial charge in [-0.05, 0) is 103 Å². The van der Waals surface area contributed by atoms with Gasteiger partial charge in [0.05, 0.1) is 0 Å². The van der Waals surface area contributed by atoms with E-state index < -0.39 is 6.10 Å². The summed E-state index contributed by atoms with van der Waals surface area (Å²) in [6, 6.07) is 0. The summed E-state index contributed by atoms with van der Waals surface area (Å²) < 4.78 is 16.9. The Balaban J connectivity index is 4.38. The standard InChI is InChI=1S/C77H132O6/c1-4-7-10-13-16-19-22-25-28-30-32-34-36-37-38-39-41-42-44-46-49-52-55-58-61-64-67-70-76(79)82-73-74(72-81-75(78)69-66-63-60-57-54-51-48-27-24-21-18-15-12-9-6-3)83-77(80)71-68-65-62-59-56-53-50-47-45-43-40-35-33-31-29-26-23-20-17-14-11-8-5-2/h8,11,17-18,20-21,26-27,29,33,35,43,45,48,50,53,59,62,74H,4-7,9-10,12-16,19,22-25,28,30-32,34,36-42,44,46-47,49,51-52,54-58,60-61,63-73H2,1-3H3/b11-8-,20-17-,21-18-,29-26-,35-33-,45-43-,48-27-,53-50-,62-59-. The monoisotopic (exact) mass is 1150 g/mol. The first-order valence-corrected chi connectivity index (χ1v) is 35.4. The Morgan fingerprint density at radius 1 is 0.253 bits per heavy atom. The Kier molecular flexibility index (Phi) is 67.2. The van der Waals surface area contributed by atoms with Gasteiger partial charge < -0.3 is 14.2 Å². The Bertz CT molecular complexity index is 1660. The molecule has 0 spiro atoms. The van der Waals surface area contributed by atoms with Crippen LogP contribution in [0.2, 0.25) is 0 Å². The van der Waals surface area contributed by atoms with Gasteiger partial charge in [-0.3, -0.25) is 14.4 Å². The van der Waals surface area contributed by atoms with Crippen LogP contribution in [0.1, 0.15) is 342 Å². The van der Waals surface area contributed by atoms with Gasteiger partial charge in [-0.2, -0.15) is 0 Å². The molecule has 0 saturated carbocycles. The number of rotatable bonds is 64. The van der Waals surface area contributed by atoms with Crippen LogP contribution in [0.4, 0.5) is 0 Å². The number of unbranched alkanes of at least 4 members (excludes halogenated alkanes) is 35. The molecule has 1 atom stereocenters. The first-order chi connectivity index (χ1) is 41.0. The van der Waals surface area contributed by atoms with Crippen molar-refractivity contribution in [1.29, 1.82) is 0 Å². The predicted octanol–water partition coefficient (Wildman–Crippen LogP) is 24.6. The van der Waals surface area contributed by atoms with Crippen molar-refractivity contribution in [3.8, 4) is 0 Å². The van der Waals surface area contributed by atoms with Crippen LogP contribution in [0.15, 0.2) is 109 Å². The average Bonchev–Trinajstić information content (AvgIpc) is 3.49. The van der Waals surface area contributed by atoms with E-state index in [-0.39, 0.29) is 37.5 Å². The lowest BCUT2D eigenvalue weighted by Crippen LogP contribution is -2.30. The number of carbonyl (C=O) groups excluding carboxylic acids is 3. The molecule has 0 saturated heterocycles. The average molecular weight is 1150 g/mol. The topological polar surface area (TPSA) is 78.9 Å². The fourth-order valence-electron chi connectivity index (χ4n) is 9.99. The van der Waals surface area contributed by atoms with Crippen LogP contribution < -0.4 is 0 Å². The smallest absolute Gasteiger partial charge is 0.306 e. The molecule has 0 aliphatic rings. The molecule has 0 N–H and O–H groups in total. The highest BCUT2D eigenvalue weighted by atomic mass is 16.6. The SMILES string of the molecule is CC/C=C\C/C=C\C/C=C\C/C=C\C/C=C\C/C=C\C/C=C\CCCC(=O)OC(COC(=O)CCCCCCC/C=C\C/C=C\CCCCC)COC(=O)CCCCCCCCCCCCCCCCCCCCCCCCCCCCC. The van der Waals surface area contributed by atoms with Crippen molar-refractivity contribution in [2.45, 2.75) is 348 Å². The molecule has 1 unspecified atom stereocenters. The molecular weight excluding hydrogens is 1020 g/mol. The summed E-state index contributed by atoms with van der Waals surface area (Å²) >= 11 is 0. The molecule has 0 rings (SSSR count). The number of carbonyl (C=O) groups is 3. The van der Waals surface area contributed by atoms with E-state index in [2.05, 4.69) is 130 Å². The normalized spacial score (nSPS) is 12.8.